The second kappa shape index (κ2) is 5.85. The van der Waals surface area contributed by atoms with E-state index in [2.05, 4.69) is 30.5 Å². The van der Waals surface area contributed by atoms with Gasteiger partial charge >= 0.3 is 0 Å². The number of fused-ring (bicyclic) bond motifs is 1. The molecule has 0 saturated carbocycles. The summed E-state index contributed by atoms with van der Waals surface area (Å²) < 4.78 is 11.2. The summed E-state index contributed by atoms with van der Waals surface area (Å²) in [6.45, 7) is 4.04. The maximum absolute atomic E-state index is 5.98. The lowest BCUT2D eigenvalue weighted by Crippen LogP contribution is -2.18. The van der Waals surface area contributed by atoms with Gasteiger partial charge in [0.1, 0.15) is 13.2 Å². The van der Waals surface area contributed by atoms with Crippen LogP contribution < -0.4 is 15.2 Å². The van der Waals surface area contributed by atoms with Gasteiger partial charge in [-0.2, -0.15) is 0 Å². The summed E-state index contributed by atoms with van der Waals surface area (Å²) >= 11 is 1.81. The number of aryl methyl sites for hydroxylation is 1. The first kappa shape index (κ1) is 13.5. The van der Waals surface area contributed by atoms with Crippen molar-refractivity contribution >= 4 is 11.3 Å². The average molecular weight is 289 g/mol. The lowest BCUT2D eigenvalue weighted by atomic mass is 9.94. The number of rotatable bonds is 4. The van der Waals surface area contributed by atoms with Crippen molar-refractivity contribution in [2.24, 2.45) is 5.73 Å². The Labute approximate surface area is 123 Å². The zero-order chi connectivity index (χ0) is 13.9. The normalized spacial score (nSPS) is 15.1. The van der Waals surface area contributed by atoms with Crippen molar-refractivity contribution in [2.75, 3.05) is 19.8 Å². The maximum Gasteiger partial charge on any atom is 0.161 e. The number of hydrogen-bond donors (Lipinski definition) is 1. The van der Waals surface area contributed by atoms with E-state index in [-0.39, 0.29) is 0 Å². The van der Waals surface area contributed by atoms with Gasteiger partial charge in [-0.15, -0.1) is 11.3 Å². The highest BCUT2D eigenvalue weighted by Crippen LogP contribution is 2.34. The van der Waals surface area contributed by atoms with Gasteiger partial charge in [0.15, 0.2) is 11.5 Å². The number of ether oxygens (including phenoxy) is 2. The Kier molecular flexibility index (Phi) is 3.94. The van der Waals surface area contributed by atoms with Crippen LogP contribution in [-0.4, -0.2) is 19.8 Å². The summed E-state index contributed by atoms with van der Waals surface area (Å²) in [4.78, 5) is 1.41. The monoisotopic (exact) mass is 289 g/mol. The highest BCUT2D eigenvalue weighted by molar-refractivity contribution is 7.10. The number of nitrogens with two attached hydrogens (primary N) is 1. The van der Waals surface area contributed by atoms with E-state index in [0.717, 1.165) is 17.9 Å². The van der Waals surface area contributed by atoms with Crippen molar-refractivity contribution in [3.05, 3.63) is 45.6 Å². The Morgan fingerprint density at radius 2 is 2.00 bits per heavy atom. The molecule has 2 aromatic rings. The van der Waals surface area contributed by atoms with E-state index in [4.69, 9.17) is 15.2 Å². The zero-order valence-electron chi connectivity index (χ0n) is 11.6. The van der Waals surface area contributed by atoms with Crippen molar-refractivity contribution in [2.45, 2.75) is 19.3 Å². The highest BCUT2D eigenvalue weighted by atomic mass is 32.1. The van der Waals surface area contributed by atoms with Crippen LogP contribution in [0.3, 0.4) is 0 Å². The van der Waals surface area contributed by atoms with Gasteiger partial charge in [0.2, 0.25) is 0 Å². The zero-order valence-corrected chi connectivity index (χ0v) is 12.4. The molecule has 0 aliphatic carbocycles. The molecule has 0 spiro atoms. The Balaban J connectivity index is 1.84. The molecule has 1 aliphatic rings. The molecule has 20 heavy (non-hydrogen) atoms. The molecular formula is C16H19NO2S. The van der Waals surface area contributed by atoms with Crippen LogP contribution in [0.15, 0.2) is 29.6 Å². The van der Waals surface area contributed by atoms with Crippen LogP contribution in [0.4, 0.5) is 0 Å². The summed E-state index contributed by atoms with van der Waals surface area (Å²) in [5, 5.41) is 2.14. The Morgan fingerprint density at radius 3 is 2.70 bits per heavy atom. The van der Waals surface area contributed by atoms with Gasteiger partial charge in [0.25, 0.3) is 0 Å². The molecule has 0 radical (unpaired) electrons. The Morgan fingerprint density at radius 1 is 1.20 bits per heavy atom. The first-order valence-electron chi connectivity index (χ1n) is 6.90. The van der Waals surface area contributed by atoms with Gasteiger partial charge in [0.05, 0.1) is 0 Å². The SMILES string of the molecule is Cc1ccsc1CC(CN)c1ccc2c(c1)OCCO2. The molecule has 0 bridgehead atoms. The molecule has 3 rings (SSSR count). The molecule has 4 heteroatoms. The largest absolute Gasteiger partial charge is 0.486 e. The van der Waals surface area contributed by atoms with E-state index in [1.807, 2.05) is 6.07 Å². The van der Waals surface area contributed by atoms with Crippen molar-refractivity contribution in [1.82, 2.24) is 0 Å². The van der Waals surface area contributed by atoms with Crippen LogP contribution in [0.2, 0.25) is 0 Å². The van der Waals surface area contributed by atoms with Crippen molar-refractivity contribution in [1.29, 1.82) is 0 Å². The van der Waals surface area contributed by atoms with Gasteiger partial charge in [-0.3, -0.25) is 0 Å². The summed E-state index contributed by atoms with van der Waals surface area (Å²) in [5.74, 6) is 2.00. The fraction of sp³-hybridized carbons (Fsp3) is 0.375. The van der Waals surface area contributed by atoms with Gasteiger partial charge in [0, 0.05) is 10.8 Å². The fourth-order valence-electron chi connectivity index (χ4n) is 2.49. The molecule has 2 N–H and O–H groups in total. The third kappa shape index (κ3) is 2.67. The molecular weight excluding hydrogens is 270 g/mol. The smallest absolute Gasteiger partial charge is 0.161 e. The van der Waals surface area contributed by atoms with E-state index < -0.39 is 0 Å². The van der Waals surface area contributed by atoms with Crippen LogP contribution in [0.25, 0.3) is 0 Å². The van der Waals surface area contributed by atoms with Crippen molar-refractivity contribution in [3.63, 3.8) is 0 Å². The van der Waals surface area contributed by atoms with Gasteiger partial charge in [-0.05, 0) is 54.6 Å². The Bertz CT molecular complexity index is 594. The van der Waals surface area contributed by atoms with E-state index in [1.165, 1.54) is 16.0 Å². The molecule has 2 heterocycles. The molecule has 0 amide bonds. The minimum absolute atomic E-state index is 0.322. The van der Waals surface area contributed by atoms with Crippen LogP contribution >= 0.6 is 11.3 Å². The summed E-state index contributed by atoms with van der Waals surface area (Å²) in [6, 6.07) is 8.34. The Hall–Kier alpha value is -1.52. The molecule has 1 atom stereocenters. The minimum Gasteiger partial charge on any atom is -0.486 e. The lowest BCUT2D eigenvalue weighted by molar-refractivity contribution is 0.171. The minimum atomic E-state index is 0.322. The van der Waals surface area contributed by atoms with Crippen molar-refractivity contribution < 1.29 is 9.47 Å². The van der Waals surface area contributed by atoms with Gasteiger partial charge < -0.3 is 15.2 Å². The van der Waals surface area contributed by atoms with E-state index in [9.17, 15) is 0 Å². The molecule has 3 nitrogen and oxygen atoms in total. The summed E-state index contributed by atoms with van der Waals surface area (Å²) in [7, 11) is 0. The number of thiophene rings is 1. The third-order valence-electron chi connectivity index (χ3n) is 3.72. The quantitative estimate of drug-likeness (QED) is 0.940. The molecule has 0 saturated heterocycles. The van der Waals surface area contributed by atoms with Gasteiger partial charge in [-0.1, -0.05) is 6.07 Å². The summed E-state index contributed by atoms with van der Waals surface area (Å²) in [6.07, 6.45) is 0.986. The topological polar surface area (TPSA) is 44.5 Å². The number of hydrogen-bond acceptors (Lipinski definition) is 4. The highest BCUT2D eigenvalue weighted by Gasteiger charge is 2.17. The first-order valence-corrected chi connectivity index (χ1v) is 7.78. The second-order valence-electron chi connectivity index (χ2n) is 5.07. The summed E-state index contributed by atoms with van der Waals surface area (Å²) in [5.41, 5.74) is 8.56. The van der Waals surface area contributed by atoms with E-state index in [0.29, 0.717) is 25.7 Å². The van der Waals surface area contributed by atoms with Crippen LogP contribution in [-0.2, 0) is 6.42 Å². The molecule has 1 aliphatic heterocycles. The molecule has 106 valence electrons. The number of benzene rings is 1. The standard InChI is InChI=1S/C16H19NO2S/c1-11-4-7-20-16(11)9-13(10-17)12-2-3-14-15(8-12)19-6-5-18-14/h2-4,7-8,13H,5-6,9-10,17H2,1H3. The van der Waals surface area contributed by atoms with Crippen LogP contribution in [0, 0.1) is 6.92 Å². The molecule has 1 unspecified atom stereocenters. The molecule has 0 fully saturated rings. The second-order valence-corrected chi connectivity index (χ2v) is 6.07. The maximum atomic E-state index is 5.98. The molecule has 1 aromatic carbocycles. The average Bonchev–Trinajstić information content (AvgIpc) is 2.89. The van der Waals surface area contributed by atoms with Crippen molar-refractivity contribution in [3.8, 4) is 11.5 Å². The first-order chi connectivity index (χ1) is 9.78. The third-order valence-corrected chi connectivity index (χ3v) is 4.77. The lowest BCUT2D eigenvalue weighted by Gasteiger charge is -2.21. The predicted octanol–water partition coefficient (Wildman–Crippen LogP) is 3.11. The van der Waals surface area contributed by atoms with Gasteiger partial charge in [-0.25, -0.2) is 0 Å². The van der Waals surface area contributed by atoms with Crippen LogP contribution in [0.1, 0.15) is 21.9 Å². The van der Waals surface area contributed by atoms with E-state index in [1.54, 1.807) is 11.3 Å². The van der Waals surface area contributed by atoms with Crippen LogP contribution in [0.5, 0.6) is 11.5 Å². The molecule has 1 aromatic heterocycles. The predicted molar refractivity (Wildman–Crippen MR) is 82.0 cm³/mol. The van der Waals surface area contributed by atoms with E-state index >= 15 is 0 Å². The fourth-order valence-corrected chi connectivity index (χ4v) is 3.48.